The predicted octanol–water partition coefficient (Wildman–Crippen LogP) is 3.23. The van der Waals surface area contributed by atoms with Gasteiger partial charge in [-0.05, 0) is 54.9 Å². The summed E-state index contributed by atoms with van der Waals surface area (Å²) in [6, 6.07) is 8.70. The Morgan fingerprint density at radius 2 is 1.96 bits per heavy atom. The van der Waals surface area contributed by atoms with E-state index in [0.29, 0.717) is 0 Å². The van der Waals surface area contributed by atoms with E-state index in [1.165, 1.54) is 6.07 Å². The average Bonchev–Trinajstić information content (AvgIpc) is 2.99. The maximum absolute atomic E-state index is 13.3. The summed E-state index contributed by atoms with van der Waals surface area (Å²) in [5.41, 5.74) is 1.29. The Bertz CT molecular complexity index is 686. The first kappa shape index (κ1) is 15.5. The molecule has 0 radical (unpaired) electrons. The Morgan fingerprint density at radius 3 is 2.71 bits per heavy atom. The summed E-state index contributed by atoms with van der Waals surface area (Å²) >= 11 is 0. The standard InChI is InChI=1S/C19H22FN3O/c20-16-4-1-3-15(11-16)12-17-13-19(14-24-17)5-9-23(10-6-19)18-21-7-2-8-22-18/h1-4,7-8,11,17H,5-6,9-10,12-14H2/t17-/m1/s1. The minimum absolute atomic E-state index is 0.170. The first-order valence-electron chi connectivity index (χ1n) is 8.61. The lowest BCUT2D eigenvalue weighted by Gasteiger charge is -2.38. The van der Waals surface area contributed by atoms with E-state index < -0.39 is 0 Å². The number of hydrogen-bond donors (Lipinski definition) is 0. The molecule has 1 aromatic carbocycles. The van der Waals surface area contributed by atoms with Crippen molar-refractivity contribution in [3.63, 3.8) is 0 Å². The number of nitrogens with zero attached hydrogens (tertiary/aromatic N) is 3. The fourth-order valence-corrected chi connectivity index (χ4v) is 3.94. The molecule has 1 spiro atoms. The van der Waals surface area contributed by atoms with Gasteiger partial charge in [0.25, 0.3) is 0 Å². The van der Waals surface area contributed by atoms with E-state index >= 15 is 0 Å². The molecule has 3 heterocycles. The molecule has 4 nitrogen and oxygen atoms in total. The predicted molar refractivity (Wildman–Crippen MR) is 90.4 cm³/mol. The quantitative estimate of drug-likeness (QED) is 0.867. The molecule has 2 fully saturated rings. The van der Waals surface area contributed by atoms with Crippen LogP contribution in [-0.2, 0) is 11.2 Å². The number of rotatable bonds is 3. The van der Waals surface area contributed by atoms with Crippen LogP contribution in [-0.4, -0.2) is 35.8 Å². The molecule has 1 aromatic heterocycles. The first-order chi connectivity index (χ1) is 11.7. The van der Waals surface area contributed by atoms with Crippen LogP contribution in [0.1, 0.15) is 24.8 Å². The molecule has 5 heteroatoms. The average molecular weight is 327 g/mol. The first-order valence-corrected chi connectivity index (χ1v) is 8.61. The van der Waals surface area contributed by atoms with Crippen molar-refractivity contribution >= 4 is 5.95 Å². The van der Waals surface area contributed by atoms with Crippen molar-refractivity contribution in [2.24, 2.45) is 5.41 Å². The second-order valence-electron chi connectivity index (χ2n) is 7.01. The van der Waals surface area contributed by atoms with Gasteiger partial charge in [0, 0.05) is 25.5 Å². The molecule has 126 valence electrons. The second kappa shape index (κ2) is 6.48. The van der Waals surface area contributed by atoms with Crippen LogP contribution in [0.4, 0.5) is 10.3 Å². The summed E-state index contributed by atoms with van der Waals surface area (Å²) in [7, 11) is 0. The largest absolute Gasteiger partial charge is 0.377 e. The SMILES string of the molecule is Fc1cccc(C[C@@H]2CC3(CCN(c4ncccn4)CC3)CO2)c1. The minimum Gasteiger partial charge on any atom is -0.377 e. The molecule has 0 saturated carbocycles. The van der Waals surface area contributed by atoms with E-state index in [1.54, 1.807) is 24.5 Å². The monoisotopic (exact) mass is 327 g/mol. The normalized spacial score (nSPS) is 22.9. The molecule has 2 aromatic rings. The molecule has 0 unspecified atom stereocenters. The van der Waals surface area contributed by atoms with Crippen molar-refractivity contribution < 1.29 is 9.13 Å². The van der Waals surface area contributed by atoms with E-state index in [2.05, 4.69) is 14.9 Å². The van der Waals surface area contributed by atoms with Gasteiger partial charge in [0.1, 0.15) is 5.82 Å². The van der Waals surface area contributed by atoms with Crippen molar-refractivity contribution in [3.8, 4) is 0 Å². The van der Waals surface area contributed by atoms with Crippen LogP contribution in [0, 0.1) is 11.2 Å². The van der Waals surface area contributed by atoms with Crippen molar-refractivity contribution in [2.45, 2.75) is 31.8 Å². The van der Waals surface area contributed by atoms with Crippen molar-refractivity contribution in [1.29, 1.82) is 0 Å². The molecule has 4 rings (SSSR count). The van der Waals surface area contributed by atoms with Gasteiger partial charge < -0.3 is 9.64 Å². The summed E-state index contributed by atoms with van der Waals surface area (Å²) in [6.45, 7) is 2.76. The van der Waals surface area contributed by atoms with Crippen molar-refractivity contribution in [1.82, 2.24) is 9.97 Å². The zero-order valence-electron chi connectivity index (χ0n) is 13.7. The Hall–Kier alpha value is -2.01. The highest BCUT2D eigenvalue weighted by Crippen LogP contribution is 2.43. The van der Waals surface area contributed by atoms with Crippen LogP contribution in [0.5, 0.6) is 0 Å². The number of aromatic nitrogens is 2. The van der Waals surface area contributed by atoms with Crippen molar-refractivity contribution in [3.05, 3.63) is 54.1 Å². The Labute approximate surface area is 141 Å². The number of hydrogen-bond acceptors (Lipinski definition) is 4. The Morgan fingerprint density at radius 1 is 1.17 bits per heavy atom. The highest BCUT2D eigenvalue weighted by atomic mass is 19.1. The molecular formula is C19H22FN3O. The number of benzene rings is 1. The van der Waals surface area contributed by atoms with E-state index in [0.717, 1.165) is 56.9 Å². The van der Waals surface area contributed by atoms with E-state index in [-0.39, 0.29) is 17.3 Å². The summed E-state index contributed by atoms with van der Waals surface area (Å²) < 4.78 is 19.4. The van der Waals surface area contributed by atoms with Crippen LogP contribution < -0.4 is 4.90 Å². The van der Waals surface area contributed by atoms with Gasteiger partial charge in [0.05, 0.1) is 12.7 Å². The lowest BCUT2D eigenvalue weighted by atomic mass is 9.76. The van der Waals surface area contributed by atoms with Gasteiger partial charge >= 0.3 is 0 Å². The third-order valence-corrected chi connectivity index (χ3v) is 5.30. The summed E-state index contributed by atoms with van der Waals surface area (Å²) in [5.74, 6) is 0.652. The van der Waals surface area contributed by atoms with Gasteiger partial charge in [0.15, 0.2) is 0 Å². The topological polar surface area (TPSA) is 38.2 Å². The van der Waals surface area contributed by atoms with Crippen LogP contribution in [0.2, 0.25) is 0 Å². The maximum Gasteiger partial charge on any atom is 0.225 e. The van der Waals surface area contributed by atoms with Gasteiger partial charge in [-0.2, -0.15) is 0 Å². The molecular weight excluding hydrogens is 305 g/mol. The smallest absolute Gasteiger partial charge is 0.225 e. The highest BCUT2D eigenvalue weighted by Gasteiger charge is 2.42. The third-order valence-electron chi connectivity index (χ3n) is 5.30. The van der Waals surface area contributed by atoms with E-state index in [4.69, 9.17) is 4.74 Å². The van der Waals surface area contributed by atoms with Crippen LogP contribution >= 0.6 is 0 Å². The number of ether oxygens (including phenoxy) is 1. The van der Waals surface area contributed by atoms with Crippen LogP contribution in [0.3, 0.4) is 0 Å². The van der Waals surface area contributed by atoms with Gasteiger partial charge in [-0.15, -0.1) is 0 Å². The summed E-state index contributed by atoms with van der Waals surface area (Å²) in [5, 5.41) is 0. The molecule has 2 aliphatic heterocycles. The summed E-state index contributed by atoms with van der Waals surface area (Å²) in [4.78, 5) is 10.9. The number of halogens is 1. The third kappa shape index (κ3) is 3.26. The van der Waals surface area contributed by atoms with Crippen LogP contribution in [0.15, 0.2) is 42.7 Å². The van der Waals surface area contributed by atoms with Gasteiger partial charge in [0.2, 0.25) is 5.95 Å². The Balaban J connectivity index is 1.35. The van der Waals surface area contributed by atoms with Gasteiger partial charge in [-0.1, -0.05) is 12.1 Å². The van der Waals surface area contributed by atoms with Crippen LogP contribution in [0.25, 0.3) is 0 Å². The summed E-state index contributed by atoms with van der Waals surface area (Å²) in [6.07, 6.45) is 7.85. The second-order valence-corrected chi connectivity index (χ2v) is 7.01. The van der Waals surface area contributed by atoms with E-state index in [1.807, 2.05) is 12.1 Å². The zero-order valence-corrected chi connectivity index (χ0v) is 13.7. The van der Waals surface area contributed by atoms with Gasteiger partial charge in [-0.3, -0.25) is 0 Å². The molecule has 0 amide bonds. The van der Waals surface area contributed by atoms with Crippen molar-refractivity contribution in [2.75, 3.05) is 24.6 Å². The molecule has 0 aliphatic carbocycles. The fraction of sp³-hybridized carbons (Fsp3) is 0.474. The Kier molecular flexibility index (Phi) is 4.19. The maximum atomic E-state index is 13.3. The number of anilines is 1. The lowest BCUT2D eigenvalue weighted by molar-refractivity contribution is 0.0885. The lowest BCUT2D eigenvalue weighted by Crippen LogP contribution is -2.41. The fourth-order valence-electron chi connectivity index (χ4n) is 3.94. The molecule has 1 atom stereocenters. The molecule has 0 N–H and O–H groups in total. The zero-order chi connectivity index (χ0) is 16.4. The van der Waals surface area contributed by atoms with E-state index in [9.17, 15) is 4.39 Å². The number of piperidine rings is 1. The minimum atomic E-state index is -0.170. The van der Waals surface area contributed by atoms with Gasteiger partial charge in [-0.25, -0.2) is 14.4 Å². The molecule has 2 saturated heterocycles. The molecule has 2 aliphatic rings. The molecule has 24 heavy (non-hydrogen) atoms. The highest BCUT2D eigenvalue weighted by molar-refractivity contribution is 5.29. The molecule has 0 bridgehead atoms.